The van der Waals surface area contributed by atoms with E-state index in [1.54, 1.807) is 41.8 Å². The van der Waals surface area contributed by atoms with Gasteiger partial charge in [-0.15, -0.1) is 5.10 Å². The van der Waals surface area contributed by atoms with Gasteiger partial charge in [0.25, 0.3) is 5.56 Å². The maximum absolute atomic E-state index is 13.2. The van der Waals surface area contributed by atoms with Gasteiger partial charge in [-0.3, -0.25) is 4.79 Å². The number of aliphatic hydroxyl groups is 1. The molecule has 2 aromatic carbocycles. The number of aliphatic hydroxyl groups excluding tert-OH is 1. The fourth-order valence-corrected chi connectivity index (χ4v) is 5.68. The van der Waals surface area contributed by atoms with Crippen molar-refractivity contribution in [3.63, 3.8) is 0 Å². The van der Waals surface area contributed by atoms with Crippen molar-refractivity contribution < 1.29 is 18.3 Å². The van der Waals surface area contributed by atoms with Crippen LogP contribution in [0.4, 0.5) is 0 Å². The molecule has 40 heavy (non-hydrogen) atoms. The van der Waals surface area contributed by atoms with Crippen molar-refractivity contribution in [3.8, 4) is 17.1 Å². The zero-order valence-corrected chi connectivity index (χ0v) is 24.0. The Morgan fingerprint density at radius 3 is 2.55 bits per heavy atom. The minimum absolute atomic E-state index is 0.0491. The molecule has 4 aromatic rings. The minimum Gasteiger partial charge on any atom is -0.493 e. The molecule has 11 heteroatoms. The lowest BCUT2D eigenvalue weighted by Crippen LogP contribution is -2.28. The first-order valence-electron chi connectivity index (χ1n) is 13.7. The van der Waals surface area contributed by atoms with Gasteiger partial charge < -0.3 is 14.8 Å². The highest BCUT2D eigenvalue weighted by Gasteiger charge is 2.22. The van der Waals surface area contributed by atoms with Crippen molar-refractivity contribution in [2.75, 3.05) is 13.2 Å². The van der Waals surface area contributed by atoms with E-state index in [4.69, 9.17) is 4.74 Å². The lowest BCUT2D eigenvalue weighted by atomic mass is 10.1. The number of aromatic nitrogens is 4. The highest BCUT2D eigenvalue weighted by atomic mass is 32.2. The van der Waals surface area contributed by atoms with Crippen LogP contribution >= 0.6 is 0 Å². The van der Waals surface area contributed by atoms with E-state index in [0.717, 1.165) is 25.7 Å². The topological polar surface area (TPSA) is 139 Å². The zero-order valence-electron chi connectivity index (χ0n) is 23.2. The predicted molar refractivity (Wildman–Crippen MR) is 154 cm³/mol. The molecular weight excluding hydrogens is 530 g/mol. The van der Waals surface area contributed by atoms with Crippen LogP contribution in [-0.4, -0.2) is 46.3 Å². The molecule has 0 aliphatic heterocycles. The fraction of sp³-hybridized carbons (Fsp3) is 0.414. The number of nitrogens with zero attached hydrogens (tertiary/aromatic N) is 3. The predicted octanol–water partition coefficient (Wildman–Crippen LogP) is 4.32. The van der Waals surface area contributed by atoms with Gasteiger partial charge >= 0.3 is 0 Å². The summed E-state index contributed by atoms with van der Waals surface area (Å²) in [6.45, 7) is 5.90. The molecule has 3 N–H and O–H groups in total. The molecule has 0 aliphatic carbocycles. The van der Waals surface area contributed by atoms with Gasteiger partial charge in [0.2, 0.25) is 10.0 Å². The quantitative estimate of drug-likeness (QED) is 0.193. The van der Waals surface area contributed by atoms with Crippen LogP contribution in [0.2, 0.25) is 0 Å². The van der Waals surface area contributed by atoms with E-state index in [-0.39, 0.29) is 22.8 Å². The van der Waals surface area contributed by atoms with Gasteiger partial charge in [0.1, 0.15) is 11.6 Å². The van der Waals surface area contributed by atoms with Gasteiger partial charge in [0.05, 0.1) is 28.9 Å². The molecule has 0 saturated heterocycles. The molecule has 0 fully saturated rings. The van der Waals surface area contributed by atoms with Gasteiger partial charge in [0.15, 0.2) is 11.3 Å². The Balaban J connectivity index is 1.67. The second-order valence-electron chi connectivity index (χ2n) is 9.71. The summed E-state index contributed by atoms with van der Waals surface area (Å²) < 4.78 is 36.2. The Labute approximate surface area is 234 Å². The van der Waals surface area contributed by atoms with E-state index in [2.05, 4.69) is 26.7 Å². The summed E-state index contributed by atoms with van der Waals surface area (Å²) >= 11 is 0. The number of nitrogens with one attached hydrogen (secondary N) is 2. The minimum atomic E-state index is -4.01. The number of sulfonamides is 1. The standard InChI is InChI=1S/C29H37N5O5S/c1-4-6-7-8-12-15-26-31-20(3)27-29(36)32-28(33-34(26)27)23-18-22(16-17-25(23)39-5-2)40(37,38)30-19-24(35)21-13-10-9-11-14-21/h9-11,13-14,16-18,24,30,35H,4-8,12,15,19H2,1-3H3,(H,32,33,36). The molecule has 10 nitrogen and oxygen atoms in total. The summed E-state index contributed by atoms with van der Waals surface area (Å²) in [6.07, 6.45) is 5.15. The average Bonchev–Trinajstić information content (AvgIpc) is 3.27. The van der Waals surface area contributed by atoms with E-state index in [9.17, 15) is 18.3 Å². The molecule has 214 valence electrons. The van der Waals surface area contributed by atoms with Gasteiger partial charge in [-0.05, 0) is 44.0 Å². The summed E-state index contributed by atoms with van der Waals surface area (Å²) in [5, 5.41) is 15.1. The maximum atomic E-state index is 13.2. The smallest absolute Gasteiger partial charge is 0.277 e. The molecule has 1 unspecified atom stereocenters. The molecule has 0 bridgehead atoms. The molecule has 1 atom stereocenters. The highest BCUT2D eigenvalue weighted by Crippen LogP contribution is 2.30. The first kappa shape index (κ1) is 29.4. The Morgan fingerprint density at radius 1 is 1.07 bits per heavy atom. The van der Waals surface area contributed by atoms with Crippen molar-refractivity contribution in [1.82, 2.24) is 24.3 Å². The fourth-order valence-electron chi connectivity index (χ4n) is 4.61. The first-order valence-corrected chi connectivity index (χ1v) is 15.2. The first-order chi connectivity index (χ1) is 19.2. The number of hydrogen-bond acceptors (Lipinski definition) is 7. The molecule has 0 spiro atoms. The Hall–Kier alpha value is -3.54. The SMILES string of the molecule is CCCCCCCc1nc(C)c2c(=O)[nH]c(-c3cc(S(=O)(=O)NCC(O)c4ccccc4)ccc3OCC)nn12. The second kappa shape index (κ2) is 13.2. The molecule has 0 radical (unpaired) electrons. The number of H-pyrrole nitrogens is 1. The second-order valence-corrected chi connectivity index (χ2v) is 11.5. The molecule has 2 heterocycles. The van der Waals surface area contributed by atoms with Crippen molar-refractivity contribution in [3.05, 3.63) is 76.0 Å². The Morgan fingerprint density at radius 2 is 1.82 bits per heavy atom. The highest BCUT2D eigenvalue weighted by molar-refractivity contribution is 7.89. The summed E-state index contributed by atoms with van der Waals surface area (Å²) in [5.74, 6) is 1.24. The van der Waals surface area contributed by atoms with E-state index in [0.29, 0.717) is 46.9 Å². The number of imidazole rings is 1. The van der Waals surface area contributed by atoms with Gasteiger partial charge in [-0.2, -0.15) is 0 Å². The summed E-state index contributed by atoms with van der Waals surface area (Å²) in [6, 6.07) is 13.2. The van der Waals surface area contributed by atoms with E-state index in [1.807, 2.05) is 13.0 Å². The number of benzene rings is 2. The van der Waals surface area contributed by atoms with E-state index >= 15 is 0 Å². The number of fused-ring (bicyclic) bond motifs is 1. The van der Waals surface area contributed by atoms with Crippen LogP contribution in [-0.2, 0) is 16.4 Å². The lowest BCUT2D eigenvalue weighted by molar-refractivity contribution is 0.182. The summed E-state index contributed by atoms with van der Waals surface area (Å²) in [4.78, 5) is 20.5. The normalized spacial score (nSPS) is 12.6. The van der Waals surface area contributed by atoms with Gasteiger partial charge in [-0.25, -0.2) is 22.6 Å². The molecule has 4 rings (SSSR count). The third-order valence-corrected chi connectivity index (χ3v) is 8.14. The molecule has 0 aliphatic rings. The Bertz CT molecular complexity index is 1600. The van der Waals surface area contributed by atoms with Crippen LogP contribution in [0.15, 0.2) is 58.2 Å². The number of hydrogen-bond donors (Lipinski definition) is 3. The van der Waals surface area contributed by atoms with Crippen molar-refractivity contribution in [2.24, 2.45) is 0 Å². The number of ether oxygens (including phenoxy) is 1. The number of unbranched alkanes of at least 4 members (excludes halogenated alkanes) is 4. The average molecular weight is 568 g/mol. The number of rotatable bonds is 14. The maximum Gasteiger partial charge on any atom is 0.277 e. The molecule has 0 saturated carbocycles. The van der Waals surface area contributed by atoms with Crippen molar-refractivity contribution in [2.45, 2.75) is 70.3 Å². The van der Waals surface area contributed by atoms with Gasteiger partial charge in [0, 0.05) is 13.0 Å². The molecule has 2 aromatic heterocycles. The van der Waals surface area contributed by atoms with Crippen molar-refractivity contribution in [1.29, 1.82) is 0 Å². The number of aryl methyl sites for hydroxylation is 2. The van der Waals surface area contributed by atoms with Crippen LogP contribution in [0.5, 0.6) is 5.75 Å². The zero-order chi connectivity index (χ0) is 28.7. The molecular formula is C29H37N5O5S. The van der Waals surface area contributed by atoms with Gasteiger partial charge in [-0.1, -0.05) is 62.9 Å². The van der Waals surface area contributed by atoms with Crippen LogP contribution in [0.3, 0.4) is 0 Å². The third kappa shape index (κ3) is 6.78. The van der Waals surface area contributed by atoms with Crippen LogP contribution < -0.4 is 15.0 Å². The largest absolute Gasteiger partial charge is 0.493 e. The summed E-state index contributed by atoms with van der Waals surface area (Å²) in [7, 11) is -4.01. The Kier molecular flexibility index (Phi) is 9.72. The third-order valence-electron chi connectivity index (χ3n) is 6.71. The van der Waals surface area contributed by atoms with Crippen LogP contribution in [0, 0.1) is 6.92 Å². The van der Waals surface area contributed by atoms with E-state index < -0.39 is 16.1 Å². The molecule has 0 amide bonds. The lowest BCUT2D eigenvalue weighted by Gasteiger charge is -2.15. The van der Waals surface area contributed by atoms with E-state index in [1.165, 1.54) is 18.6 Å². The summed E-state index contributed by atoms with van der Waals surface area (Å²) in [5.41, 5.74) is 1.51. The van der Waals surface area contributed by atoms with Crippen LogP contribution in [0.25, 0.3) is 16.9 Å². The van der Waals surface area contributed by atoms with Crippen molar-refractivity contribution >= 4 is 15.5 Å². The van der Waals surface area contributed by atoms with Crippen LogP contribution in [0.1, 0.15) is 69.1 Å². The number of aromatic amines is 1. The monoisotopic (exact) mass is 567 g/mol.